The van der Waals surface area contributed by atoms with E-state index in [0.29, 0.717) is 19.8 Å². The van der Waals surface area contributed by atoms with E-state index in [4.69, 9.17) is 9.47 Å². The van der Waals surface area contributed by atoms with Crippen LogP contribution in [0.1, 0.15) is 6.92 Å². The minimum atomic E-state index is -0.515. The van der Waals surface area contributed by atoms with Crippen molar-refractivity contribution >= 4 is 27.6 Å². The topological polar surface area (TPSA) is 44.8 Å². The van der Waals surface area contributed by atoms with Crippen LogP contribution in [-0.4, -0.2) is 51.0 Å². The number of hydrogen-bond donors (Lipinski definition) is 0. The summed E-state index contributed by atoms with van der Waals surface area (Å²) in [4.78, 5) is 10.9. The van der Waals surface area contributed by atoms with Gasteiger partial charge in [0.25, 0.3) is 0 Å². The highest BCUT2D eigenvalue weighted by molar-refractivity contribution is 8.76. The summed E-state index contributed by atoms with van der Waals surface area (Å²) in [5, 5.41) is 0. The van der Waals surface area contributed by atoms with Crippen LogP contribution in [0, 0.1) is 0 Å². The molecule has 0 N–H and O–H groups in total. The van der Waals surface area contributed by atoms with Gasteiger partial charge in [-0.1, -0.05) is 21.6 Å². The van der Waals surface area contributed by atoms with Crippen molar-refractivity contribution in [2.24, 2.45) is 0 Å². The van der Waals surface area contributed by atoms with Crippen LogP contribution < -0.4 is 0 Å². The summed E-state index contributed by atoms with van der Waals surface area (Å²) in [6, 6.07) is 0. The third-order valence-corrected chi connectivity index (χ3v) is 3.33. The van der Waals surface area contributed by atoms with Crippen LogP contribution in [0.2, 0.25) is 0 Å². The van der Waals surface area contributed by atoms with Crippen LogP contribution >= 0.6 is 21.6 Å². The van der Waals surface area contributed by atoms with Crippen molar-refractivity contribution < 1.29 is 19.0 Å². The van der Waals surface area contributed by atoms with Crippen LogP contribution in [0.5, 0.6) is 0 Å². The van der Waals surface area contributed by atoms with Crippen LogP contribution in [0.4, 0.5) is 0 Å². The van der Waals surface area contributed by atoms with Gasteiger partial charge in [-0.15, -0.1) is 0 Å². The monoisotopic (exact) mass is 254 g/mol. The Hall–Kier alpha value is 0.0900. The van der Waals surface area contributed by atoms with E-state index in [1.807, 2.05) is 6.26 Å². The fraction of sp³-hybridized carbons (Fsp3) is 0.889. The molecule has 0 fully saturated rings. The summed E-state index contributed by atoms with van der Waals surface area (Å²) in [7, 11) is 4.82. The smallest absolute Gasteiger partial charge is 0.334 e. The first kappa shape index (κ1) is 15.1. The number of methoxy groups -OCH3 is 1. The summed E-state index contributed by atoms with van der Waals surface area (Å²) >= 11 is 0. The van der Waals surface area contributed by atoms with Crippen molar-refractivity contribution in [2.45, 2.75) is 13.0 Å². The summed E-state index contributed by atoms with van der Waals surface area (Å²) in [5.74, 6) is 0.612. The zero-order valence-corrected chi connectivity index (χ0v) is 11.0. The first-order valence-electron chi connectivity index (χ1n) is 4.65. The Labute approximate surface area is 98.8 Å². The number of carbonyl (C=O) groups excluding carboxylic acids is 1. The van der Waals surface area contributed by atoms with Gasteiger partial charge in [-0.05, 0) is 13.2 Å². The maximum Gasteiger partial charge on any atom is 0.334 e. The van der Waals surface area contributed by atoms with Gasteiger partial charge in [0, 0.05) is 5.75 Å². The van der Waals surface area contributed by atoms with E-state index < -0.39 is 6.10 Å². The van der Waals surface area contributed by atoms with E-state index in [1.54, 1.807) is 28.5 Å². The van der Waals surface area contributed by atoms with Gasteiger partial charge < -0.3 is 14.2 Å². The molecule has 0 saturated carbocycles. The molecule has 0 aliphatic carbocycles. The molecule has 0 saturated heterocycles. The second-order valence-corrected chi connectivity index (χ2v) is 5.32. The molecule has 0 aliphatic rings. The van der Waals surface area contributed by atoms with Gasteiger partial charge in [0.2, 0.25) is 0 Å². The third kappa shape index (κ3) is 9.04. The lowest BCUT2D eigenvalue weighted by atomic mass is 10.4. The summed E-state index contributed by atoms with van der Waals surface area (Å²) in [5.41, 5.74) is 0. The molecule has 0 aromatic heterocycles. The highest BCUT2D eigenvalue weighted by Crippen LogP contribution is 2.15. The third-order valence-electron chi connectivity index (χ3n) is 1.56. The van der Waals surface area contributed by atoms with Crippen LogP contribution in [0.3, 0.4) is 0 Å². The van der Waals surface area contributed by atoms with Crippen molar-refractivity contribution in [3.63, 3.8) is 0 Å². The standard InChI is InChI=1S/C9H18O4S2/c1-8(9(10)11-2)13-5-4-12-6-7-15-14-3/h8H,4-7H2,1-3H3/t8-/m0/s1. The first-order valence-corrected chi connectivity index (χ1v) is 7.38. The molecule has 0 aliphatic heterocycles. The first-order chi connectivity index (χ1) is 7.22. The molecule has 0 amide bonds. The van der Waals surface area contributed by atoms with Crippen molar-refractivity contribution in [3.05, 3.63) is 0 Å². The average molecular weight is 254 g/mol. The van der Waals surface area contributed by atoms with Crippen molar-refractivity contribution in [3.8, 4) is 0 Å². The number of carbonyl (C=O) groups is 1. The molecule has 0 aromatic rings. The molecule has 6 heteroatoms. The minimum absolute atomic E-state index is 0.354. The fourth-order valence-corrected chi connectivity index (χ4v) is 1.85. The van der Waals surface area contributed by atoms with Gasteiger partial charge in [-0.25, -0.2) is 4.79 Å². The van der Waals surface area contributed by atoms with Crippen LogP contribution in [-0.2, 0) is 19.0 Å². The van der Waals surface area contributed by atoms with Gasteiger partial charge in [0.05, 0.1) is 26.9 Å². The second kappa shape index (κ2) is 10.6. The minimum Gasteiger partial charge on any atom is -0.467 e. The predicted molar refractivity (Wildman–Crippen MR) is 64.2 cm³/mol. The Morgan fingerprint density at radius 1 is 1.33 bits per heavy atom. The molecular formula is C9H18O4S2. The molecule has 0 radical (unpaired) electrons. The van der Waals surface area contributed by atoms with E-state index >= 15 is 0 Å². The Morgan fingerprint density at radius 3 is 2.67 bits per heavy atom. The molecular weight excluding hydrogens is 236 g/mol. The van der Waals surface area contributed by atoms with E-state index in [1.165, 1.54) is 7.11 Å². The lowest BCUT2D eigenvalue weighted by molar-refractivity contribution is -0.153. The van der Waals surface area contributed by atoms with Crippen molar-refractivity contribution in [2.75, 3.05) is 38.9 Å². The zero-order valence-electron chi connectivity index (χ0n) is 9.36. The molecule has 15 heavy (non-hydrogen) atoms. The highest BCUT2D eigenvalue weighted by Gasteiger charge is 2.12. The quantitative estimate of drug-likeness (QED) is 0.354. The molecule has 4 nitrogen and oxygen atoms in total. The van der Waals surface area contributed by atoms with Gasteiger partial charge in [-0.2, -0.15) is 0 Å². The maximum atomic E-state index is 10.9. The average Bonchev–Trinajstić information content (AvgIpc) is 2.26. The van der Waals surface area contributed by atoms with Crippen LogP contribution in [0.15, 0.2) is 0 Å². The molecule has 0 aromatic carbocycles. The van der Waals surface area contributed by atoms with Crippen LogP contribution in [0.25, 0.3) is 0 Å². The molecule has 0 heterocycles. The number of esters is 1. The predicted octanol–water partition coefficient (Wildman–Crippen LogP) is 1.59. The van der Waals surface area contributed by atoms with Crippen molar-refractivity contribution in [1.29, 1.82) is 0 Å². The van der Waals surface area contributed by atoms with E-state index in [-0.39, 0.29) is 5.97 Å². The summed E-state index contributed by atoms with van der Waals surface area (Å²) < 4.78 is 15.0. The summed E-state index contributed by atoms with van der Waals surface area (Å²) in [6.07, 6.45) is 1.52. The maximum absolute atomic E-state index is 10.9. The highest BCUT2D eigenvalue weighted by atomic mass is 33.1. The van der Waals surface area contributed by atoms with Gasteiger partial charge >= 0.3 is 5.97 Å². The number of ether oxygens (including phenoxy) is 3. The zero-order chi connectivity index (χ0) is 11.5. The van der Waals surface area contributed by atoms with Gasteiger partial charge in [0.15, 0.2) is 6.10 Å². The molecule has 0 spiro atoms. The lowest BCUT2D eigenvalue weighted by Gasteiger charge is -2.10. The molecule has 0 unspecified atom stereocenters. The normalized spacial score (nSPS) is 12.5. The lowest BCUT2D eigenvalue weighted by Crippen LogP contribution is -2.23. The second-order valence-electron chi connectivity index (χ2n) is 2.64. The Morgan fingerprint density at radius 2 is 2.07 bits per heavy atom. The Kier molecular flexibility index (Phi) is 10.7. The van der Waals surface area contributed by atoms with Gasteiger partial charge in [-0.3, -0.25) is 0 Å². The Bertz CT molecular complexity index is 166. The molecule has 90 valence electrons. The molecule has 0 bridgehead atoms. The SMILES string of the molecule is COC(=O)[C@H](C)OCCOCCSSC. The fourth-order valence-electron chi connectivity index (χ4n) is 0.796. The largest absolute Gasteiger partial charge is 0.467 e. The number of rotatable bonds is 9. The van der Waals surface area contributed by atoms with E-state index in [2.05, 4.69) is 4.74 Å². The van der Waals surface area contributed by atoms with E-state index in [0.717, 1.165) is 5.75 Å². The number of hydrogen-bond acceptors (Lipinski definition) is 6. The Balaban J connectivity index is 3.20. The van der Waals surface area contributed by atoms with E-state index in [9.17, 15) is 4.79 Å². The van der Waals surface area contributed by atoms with Crippen molar-refractivity contribution in [1.82, 2.24) is 0 Å². The molecule has 1 atom stereocenters. The molecule has 0 rings (SSSR count). The van der Waals surface area contributed by atoms with Gasteiger partial charge in [0.1, 0.15) is 0 Å². The summed E-state index contributed by atoms with van der Waals surface area (Å²) in [6.45, 7) is 3.30.